The van der Waals surface area contributed by atoms with Gasteiger partial charge in [-0.15, -0.1) is 11.8 Å². The third kappa shape index (κ3) is 5.53. The number of rotatable bonds is 6. The number of carbonyl (C=O) groups is 2. The van der Waals surface area contributed by atoms with Crippen LogP contribution in [0.1, 0.15) is 44.1 Å². The van der Waals surface area contributed by atoms with Crippen molar-refractivity contribution < 1.29 is 18.7 Å². The molecule has 7 atom stereocenters. The van der Waals surface area contributed by atoms with E-state index in [1.165, 1.54) is 12.1 Å². The van der Waals surface area contributed by atoms with E-state index in [0.717, 1.165) is 42.7 Å². The van der Waals surface area contributed by atoms with Crippen molar-refractivity contribution in [3.05, 3.63) is 42.2 Å². The maximum Gasteiger partial charge on any atom is 0.246 e. The fraction of sp³-hybridized carbons (Fsp3) is 0.645. The van der Waals surface area contributed by atoms with Crippen LogP contribution in [0.3, 0.4) is 0 Å². The van der Waals surface area contributed by atoms with Crippen LogP contribution < -0.4 is 10.6 Å². The Morgan fingerprint density at radius 1 is 1.26 bits per heavy atom. The molecule has 3 saturated heterocycles. The average Bonchev–Trinajstić information content (AvgIpc) is 3.42. The summed E-state index contributed by atoms with van der Waals surface area (Å²) < 4.78 is 20.4. The number of nitrogens with one attached hydrogen (secondary N) is 2. The van der Waals surface area contributed by atoms with E-state index in [4.69, 9.17) is 4.74 Å². The van der Waals surface area contributed by atoms with Gasteiger partial charge in [0, 0.05) is 42.1 Å². The van der Waals surface area contributed by atoms with Crippen molar-refractivity contribution in [2.75, 3.05) is 39.8 Å². The van der Waals surface area contributed by atoms with Crippen molar-refractivity contribution in [1.29, 1.82) is 5.26 Å². The summed E-state index contributed by atoms with van der Waals surface area (Å²) >= 11 is 1.54. The second-order valence-electron chi connectivity index (χ2n) is 12.4. The van der Waals surface area contributed by atoms with E-state index in [1.54, 1.807) is 22.7 Å². The molecule has 11 heteroatoms. The Labute approximate surface area is 251 Å². The molecule has 1 saturated carbocycles. The number of fused-ring (bicyclic) bond motifs is 2. The van der Waals surface area contributed by atoms with E-state index in [-0.39, 0.29) is 42.1 Å². The third-order valence-corrected chi connectivity index (χ3v) is 11.7. The first kappa shape index (κ1) is 29.7. The van der Waals surface area contributed by atoms with Crippen molar-refractivity contribution in [3.8, 4) is 6.07 Å². The highest BCUT2D eigenvalue weighted by Crippen LogP contribution is 2.51. The quantitative estimate of drug-likeness (QED) is 0.480. The minimum absolute atomic E-state index is 0.00368. The van der Waals surface area contributed by atoms with Gasteiger partial charge in [-0.3, -0.25) is 25.1 Å². The van der Waals surface area contributed by atoms with Gasteiger partial charge in [-0.25, -0.2) is 4.39 Å². The number of ether oxygens (including phenoxy) is 1. The number of ketones is 1. The van der Waals surface area contributed by atoms with E-state index in [1.807, 2.05) is 6.07 Å². The van der Waals surface area contributed by atoms with Crippen LogP contribution in [0.25, 0.3) is 0 Å². The molecule has 1 aromatic rings. The largest absolute Gasteiger partial charge is 0.348 e. The molecule has 0 bridgehead atoms. The minimum atomic E-state index is -0.592. The molecule has 42 heavy (non-hydrogen) atoms. The zero-order chi connectivity index (χ0) is 29.4. The van der Waals surface area contributed by atoms with Gasteiger partial charge in [0.1, 0.15) is 5.82 Å². The number of nitrogens with zero attached hydrogens (tertiary/aromatic N) is 4. The molecule has 2 N–H and O–H groups in total. The molecule has 0 aromatic heterocycles. The van der Waals surface area contributed by atoms with Crippen LogP contribution in [-0.4, -0.2) is 102 Å². The molecule has 0 radical (unpaired) electrons. The summed E-state index contributed by atoms with van der Waals surface area (Å²) in [5, 5.41) is 16.7. The molecule has 4 fully saturated rings. The van der Waals surface area contributed by atoms with Crippen molar-refractivity contribution in [2.45, 2.75) is 85.2 Å². The normalized spacial score (nSPS) is 35.5. The van der Waals surface area contributed by atoms with Crippen LogP contribution in [0.5, 0.6) is 0 Å². The third-order valence-electron chi connectivity index (χ3n) is 10.1. The van der Waals surface area contributed by atoms with Crippen LogP contribution in [-0.2, 0) is 20.7 Å². The number of benzene rings is 1. The summed E-state index contributed by atoms with van der Waals surface area (Å²) in [5.74, 6) is -0.182. The number of Topliss-reactive ketones (excluding diaryl/α,β-unsaturated/α-hetero) is 1. The molecular formula is C31H41FN6O3S. The molecule has 4 heterocycles. The Kier molecular flexibility index (Phi) is 8.74. The fourth-order valence-electron chi connectivity index (χ4n) is 7.70. The first-order valence-electron chi connectivity index (χ1n) is 15.2. The zero-order valence-corrected chi connectivity index (χ0v) is 25.1. The molecule has 5 aliphatic rings. The summed E-state index contributed by atoms with van der Waals surface area (Å²) in [6.07, 6.45) is 5.86. The van der Waals surface area contributed by atoms with E-state index < -0.39 is 17.1 Å². The molecular weight excluding hydrogens is 555 g/mol. The zero-order valence-electron chi connectivity index (χ0n) is 24.3. The van der Waals surface area contributed by atoms with Gasteiger partial charge in [-0.1, -0.05) is 12.6 Å². The first-order valence-corrected chi connectivity index (χ1v) is 16.0. The van der Waals surface area contributed by atoms with E-state index in [0.29, 0.717) is 45.1 Å². The van der Waals surface area contributed by atoms with Crippen LogP contribution in [0.4, 0.5) is 4.39 Å². The minimum Gasteiger partial charge on any atom is -0.348 e. The second kappa shape index (κ2) is 12.3. The first-order chi connectivity index (χ1) is 20.3. The topological polar surface area (TPSA) is 101 Å². The van der Waals surface area contributed by atoms with Gasteiger partial charge < -0.3 is 14.5 Å². The molecule has 1 spiro atoms. The van der Waals surface area contributed by atoms with Gasteiger partial charge in [-0.2, -0.15) is 5.26 Å². The van der Waals surface area contributed by atoms with E-state index in [2.05, 4.69) is 40.1 Å². The van der Waals surface area contributed by atoms with Crippen LogP contribution in [0, 0.1) is 23.1 Å². The molecule has 6 unspecified atom stereocenters. The lowest BCUT2D eigenvalue weighted by molar-refractivity contribution is -0.145. The molecule has 4 aliphatic heterocycles. The summed E-state index contributed by atoms with van der Waals surface area (Å²) in [7, 11) is 2.12. The highest BCUT2D eigenvalue weighted by Gasteiger charge is 2.56. The number of thioether (sulfide) groups is 1. The lowest BCUT2D eigenvalue weighted by Gasteiger charge is -2.55. The highest BCUT2D eigenvalue weighted by atomic mass is 32.2. The van der Waals surface area contributed by atoms with Gasteiger partial charge in [-0.05, 0) is 70.3 Å². The van der Waals surface area contributed by atoms with Gasteiger partial charge >= 0.3 is 0 Å². The number of hydrogen-bond donors (Lipinski definition) is 2. The monoisotopic (exact) mass is 596 g/mol. The maximum atomic E-state index is 14.5. The number of carbonyl (C=O) groups excluding carboxylic acids is 2. The number of likely N-dealkylation sites (tertiary alicyclic amines) is 1. The fourth-order valence-corrected chi connectivity index (χ4v) is 9.24. The summed E-state index contributed by atoms with van der Waals surface area (Å²) in [4.78, 5) is 34.2. The van der Waals surface area contributed by atoms with Gasteiger partial charge in [0.05, 0.1) is 42.1 Å². The van der Waals surface area contributed by atoms with Crippen molar-refractivity contribution in [2.24, 2.45) is 5.92 Å². The lowest BCUT2D eigenvalue weighted by atomic mass is 9.72. The van der Waals surface area contributed by atoms with Crippen LogP contribution in [0.15, 0.2) is 35.7 Å². The van der Waals surface area contributed by atoms with Gasteiger partial charge in [0.2, 0.25) is 5.91 Å². The summed E-state index contributed by atoms with van der Waals surface area (Å²) in [5.41, 5.74) is 0.719. The highest BCUT2D eigenvalue weighted by molar-refractivity contribution is 8.01. The molecule has 9 nitrogen and oxygen atoms in total. The van der Waals surface area contributed by atoms with Gasteiger partial charge in [0.25, 0.3) is 0 Å². The average molecular weight is 597 g/mol. The lowest BCUT2D eigenvalue weighted by Crippen LogP contribution is -2.75. The number of piperazine rings is 1. The Hall–Kier alpha value is -2.33. The SMILES string of the molecule is C=CC(=O)N1CCN(C2NC(OCC3CCCN3C)NC3C(=O)[C@]4(CCc5c(F)cccc5S4)CCC32)CC1CC#N. The standard InChI is InChI=1S/C31H41FN6O3S/c1-3-26(39)38-17-16-37(18-20(38)11-14-33)29-23-10-13-31(12-9-22-24(32)7-4-8-25(22)42-31)28(40)27(23)34-30(35-29)41-19-21-6-5-15-36(21)2/h3-4,7-8,20-21,23,27,29-30,34-35H,1,5-6,9-13,15-19H2,2H3/t20?,21?,23?,27?,29?,30?,31-/m0/s1. The molecule has 1 amide bonds. The Bertz CT molecular complexity index is 1260. The molecule has 1 aliphatic carbocycles. The number of likely N-dealkylation sites (N-methyl/N-ethyl adjacent to an activating group) is 1. The summed E-state index contributed by atoms with van der Waals surface area (Å²) in [6, 6.07) is 7.09. The van der Waals surface area contributed by atoms with Crippen molar-refractivity contribution >= 4 is 23.5 Å². The van der Waals surface area contributed by atoms with E-state index in [9.17, 15) is 19.2 Å². The van der Waals surface area contributed by atoms with Crippen LogP contribution in [0.2, 0.25) is 0 Å². The van der Waals surface area contributed by atoms with E-state index >= 15 is 0 Å². The molecule has 226 valence electrons. The molecule has 1 aromatic carbocycles. The maximum absolute atomic E-state index is 14.5. The smallest absolute Gasteiger partial charge is 0.246 e. The number of amides is 1. The Morgan fingerprint density at radius 2 is 2.12 bits per heavy atom. The van der Waals surface area contributed by atoms with Crippen molar-refractivity contribution in [3.63, 3.8) is 0 Å². The predicted octanol–water partition coefficient (Wildman–Crippen LogP) is 2.48. The predicted molar refractivity (Wildman–Crippen MR) is 158 cm³/mol. The number of halogens is 1. The summed E-state index contributed by atoms with van der Waals surface area (Å²) in [6.45, 7) is 6.91. The van der Waals surface area contributed by atoms with Gasteiger partial charge in [0.15, 0.2) is 12.1 Å². The van der Waals surface area contributed by atoms with Crippen LogP contribution >= 0.6 is 11.8 Å². The van der Waals surface area contributed by atoms with Crippen molar-refractivity contribution in [1.82, 2.24) is 25.3 Å². The number of hydrogen-bond acceptors (Lipinski definition) is 9. The Morgan fingerprint density at radius 3 is 2.88 bits per heavy atom. The molecule has 6 rings (SSSR count). The second-order valence-corrected chi connectivity index (χ2v) is 13.8. The Balaban J connectivity index is 1.24. The number of nitriles is 1.